The number of anilines is 1. The van der Waals surface area contributed by atoms with E-state index in [9.17, 15) is 4.79 Å². The van der Waals surface area contributed by atoms with Crippen molar-refractivity contribution < 1.29 is 9.53 Å². The first-order valence-corrected chi connectivity index (χ1v) is 11.3. The fourth-order valence-electron chi connectivity index (χ4n) is 3.99. The molecule has 1 amide bonds. The predicted octanol–water partition coefficient (Wildman–Crippen LogP) is 6.68. The minimum atomic E-state index is -0.163. The molecule has 3 heterocycles. The predicted molar refractivity (Wildman–Crippen MR) is 132 cm³/mol. The number of ether oxygens (including phenoxy) is 1. The molecule has 0 aliphatic carbocycles. The van der Waals surface area contributed by atoms with Gasteiger partial charge in [-0.15, -0.1) is 11.3 Å². The number of H-pyrrole nitrogens is 1. The van der Waals surface area contributed by atoms with Gasteiger partial charge in [0.25, 0.3) is 5.91 Å². The summed E-state index contributed by atoms with van der Waals surface area (Å²) < 4.78 is 7.24. The second-order valence-electron chi connectivity index (χ2n) is 7.71. The van der Waals surface area contributed by atoms with Crippen LogP contribution in [0.15, 0.2) is 79.1 Å². The van der Waals surface area contributed by atoms with E-state index >= 15 is 0 Å². The van der Waals surface area contributed by atoms with Crippen molar-refractivity contribution in [2.24, 2.45) is 0 Å². The van der Waals surface area contributed by atoms with Gasteiger partial charge in [-0.25, -0.2) is 9.97 Å². The summed E-state index contributed by atoms with van der Waals surface area (Å²) in [5.74, 6) is 1.25. The van der Waals surface area contributed by atoms with Gasteiger partial charge in [0, 0.05) is 23.6 Å². The van der Waals surface area contributed by atoms with Crippen molar-refractivity contribution >= 4 is 55.0 Å². The molecule has 0 atom stereocenters. The molecule has 3 aromatic carbocycles. The minimum absolute atomic E-state index is 0.163. The number of aromatic amines is 1. The number of carbonyl (C=O) groups is 1. The van der Waals surface area contributed by atoms with Gasteiger partial charge in [-0.2, -0.15) is 0 Å². The quantitative estimate of drug-likeness (QED) is 0.314. The molecule has 6 rings (SSSR count). The zero-order chi connectivity index (χ0) is 22.4. The van der Waals surface area contributed by atoms with Gasteiger partial charge in [-0.1, -0.05) is 12.1 Å². The Morgan fingerprint density at radius 3 is 2.91 bits per heavy atom. The molecule has 2 N–H and O–H groups in total. The third-order valence-corrected chi connectivity index (χ3v) is 6.45. The SMILES string of the molecule is Cc1nc2cc(NC(=O)c3cccc4cc(Oc5ccnc6[nH]ccc56)ccc34)ccc2s1. The number of pyridine rings is 1. The fraction of sp³-hybridized carbons (Fsp3) is 0.0385. The second kappa shape index (κ2) is 7.72. The largest absolute Gasteiger partial charge is 0.457 e. The summed E-state index contributed by atoms with van der Waals surface area (Å²) in [6.07, 6.45) is 3.55. The molecular formula is C26H18N4O2S. The Kier molecular flexibility index (Phi) is 4.55. The standard InChI is InChI=1S/C26H18N4O2S/c1-15-29-22-14-17(5-8-24(22)33-15)30-26(31)20-4-2-3-16-13-18(6-7-19(16)20)32-23-10-12-28-25-21(23)9-11-27-25/h2-14H,1H3,(H,27,28)(H,30,31). The summed E-state index contributed by atoms with van der Waals surface area (Å²) in [7, 11) is 0. The van der Waals surface area contributed by atoms with Crippen molar-refractivity contribution in [2.75, 3.05) is 5.32 Å². The maximum atomic E-state index is 13.1. The number of benzene rings is 3. The Labute approximate surface area is 192 Å². The highest BCUT2D eigenvalue weighted by atomic mass is 32.1. The van der Waals surface area contributed by atoms with Crippen LogP contribution in [0, 0.1) is 6.92 Å². The maximum absolute atomic E-state index is 13.1. The second-order valence-corrected chi connectivity index (χ2v) is 8.94. The molecule has 0 aliphatic rings. The lowest BCUT2D eigenvalue weighted by Gasteiger charge is -2.11. The molecule has 0 unspecified atom stereocenters. The molecule has 6 nitrogen and oxygen atoms in total. The van der Waals surface area contributed by atoms with E-state index in [0.29, 0.717) is 11.3 Å². The molecule has 0 saturated carbocycles. The first-order valence-electron chi connectivity index (χ1n) is 10.5. The third-order valence-electron chi connectivity index (χ3n) is 5.50. The van der Waals surface area contributed by atoms with E-state index in [4.69, 9.17) is 4.74 Å². The lowest BCUT2D eigenvalue weighted by molar-refractivity contribution is 0.102. The van der Waals surface area contributed by atoms with Crippen molar-refractivity contribution in [2.45, 2.75) is 6.92 Å². The highest BCUT2D eigenvalue weighted by molar-refractivity contribution is 7.18. The van der Waals surface area contributed by atoms with E-state index in [-0.39, 0.29) is 5.91 Å². The highest BCUT2D eigenvalue weighted by Gasteiger charge is 2.13. The van der Waals surface area contributed by atoms with Crippen LogP contribution in [0.5, 0.6) is 11.5 Å². The number of nitrogens with zero attached hydrogens (tertiary/aromatic N) is 2. The molecular weight excluding hydrogens is 432 g/mol. The summed E-state index contributed by atoms with van der Waals surface area (Å²) in [6.45, 7) is 1.98. The first-order chi connectivity index (χ1) is 16.1. The van der Waals surface area contributed by atoms with Crippen LogP contribution < -0.4 is 10.1 Å². The number of nitrogens with one attached hydrogen (secondary N) is 2. The summed E-state index contributed by atoms with van der Waals surface area (Å²) in [5.41, 5.74) is 2.99. The van der Waals surface area contributed by atoms with Crippen LogP contribution in [0.1, 0.15) is 15.4 Å². The maximum Gasteiger partial charge on any atom is 0.256 e. The average molecular weight is 451 g/mol. The minimum Gasteiger partial charge on any atom is -0.457 e. The van der Waals surface area contributed by atoms with Crippen LogP contribution in [-0.4, -0.2) is 20.9 Å². The zero-order valence-corrected chi connectivity index (χ0v) is 18.4. The Hall–Kier alpha value is -4.23. The van der Waals surface area contributed by atoms with E-state index in [1.807, 2.05) is 79.9 Å². The third kappa shape index (κ3) is 3.58. The molecule has 3 aromatic heterocycles. The Bertz CT molecular complexity index is 1670. The molecule has 33 heavy (non-hydrogen) atoms. The van der Waals surface area contributed by atoms with Crippen molar-refractivity contribution in [1.82, 2.24) is 15.0 Å². The van der Waals surface area contributed by atoms with Crippen molar-refractivity contribution in [3.8, 4) is 11.5 Å². The first kappa shape index (κ1) is 19.5. The van der Waals surface area contributed by atoms with E-state index in [1.54, 1.807) is 17.5 Å². The lowest BCUT2D eigenvalue weighted by Crippen LogP contribution is -2.12. The normalized spacial score (nSPS) is 11.3. The van der Waals surface area contributed by atoms with Gasteiger partial charge in [0.1, 0.15) is 17.1 Å². The van der Waals surface area contributed by atoms with Gasteiger partial charge < -0.3 is 15.0 Å². The summed E-state index contributed by atoms with van der Waals surface area (Å²) in [4.78, 5) is 25.0. The number of amides is 1. The van der Waals surface area contributed by atoms with Gasteiger partial charge in [-0.05, 0) is 72.3 Å². The number of carbonyl (C=O) groups excluding carboxylic acids is 1. The zero-order valence-electron chi connectivity index (χ0n) is 17.6. The van der Waals surface area contributed by atoms with Crippen molar-refractivity contribution in [1.29, 1.82) is 0 Å². The molecule has 7 heteroatoms. The number of fused-ring (bicyclic) bond motifs is 3. The van der Waals surface area contributed by atoms with Crippen molar-refractivity contribution in [3.05, 3.63) is 89.7 Å². The van der Waals surface area contributed by atoms with Crippen LogP contribution in [0.3, 0.4) is 0 Å². The Morgan fingerprint density at radius 1 is 1.03 bits per heavy atom. The molecule has 6 aromatic rings. The number of hydrogen-bond acceptors (Lipinski definition) is 5. The molecule has 0 saturated heterocycles. The number of hydrogen-bond donors (Lipinski definition) is 2. The van der Waals surface area contributed by atoms with E-state index in [0.717, 1.165) is 48.5 Å². The van der Waals surface area contributed by atoms with Crippen LogP contribution in [0.4, 0.5) is 5.69 Å². The highest BCUT2D eigenvalue weighted by Crippen LogP contribution is 2.31. The fourth-order valence-corrected chi connectivity index (χ4v) is 4.80. The topological polar surface area (TPSA) is 79.9 Å². The molecule has 0 radical (unpaired) electrons. The molecule has 0 bridgehead atoms. The van der Waals surface area contributed by atoms with Crippen LogP contribution in [-0.2, 0) is 0 Å². The molecule has 0 fully saturated rings. The molecule has 160 valence electrons. The van der Waals surface area contributed by atoms with Crippen LogP contribution >= 0.6 is 11.3 Å². The average Bonchev–Trinajstić information content (AvgIpc) is 3.44. The van der Waals surface area contributed by atoms with Crippen LogP contribution in [0.2, 0.25) is 0 Å². The van der Waals surface area contributed by atoms with E-state index < -0.39 is 0 Å². The van der Waals surface area contributed by atoms with Crippen LogP contribution in [0.25, 0.3) is 32.0 Å². The molecule has 0 aliphatic heterocycles. The Balaban J connectivity index is 1.30. The van der Waals surface area contributed by atoms with E-state index in [1.165, 1.54) is 0 Å². The Morgan fingerprint density at radius 2 is 1.97 bits per heavy atom. The summed E-state index contributed by atoms with van der Waals surface area (Å²) in [5, 5.41) is 6.70. The summed E-state index contributed by atoms with van der Waals surface area (Å²) >= 11 is 1.64. The monoisotopic (exact) mass is 450 g/mol. The van der Waals surface area contributed by atoms with E-state index in [2.05, 4.69) is 20.3 Å². The molecule has 0 spiro atoms. The summed E-state index contributed by atoms with van der Waals surface area (Å²) in [6, 6.07) is 21.0. The number of aromatic nitrogens is 3. The van der Waals surface area contributed by atoms with Crippen molar-refractivity contribution in [3.63, 3.8) is 0 Å². The van der Waals surface area contributed by atoms with Gasteiger partial charge in [0.2, 0.25) is 0 Å². The number of rotatable bonds is 4. The van der Waals surface area contributed by atoms with Gasteiger partial charge in [0.15, 0.2) is 0 Å². The lowest BCUT2D eigenvalue weighted by atomic mass is 10.0. The van der Waals surface area contributed by atoms with Gasteiger partial charge >= 0.3 is 0 Å². The number of aryl methyl sites for hydroxylation is 1. The van der Waals surface area contributed by atoms with Gasteiger partial charge in [-0.3, -0.25) is 4.79 Å². The smallest absolute Gasteiger partial charge is 0.256 e. The number of thiazole rings is 1. The van der Waals surface area contributed by atoms with Gasteiger partial charge in [0.05, 0.1) is 20.6 Å².